The van der Waals surface area contributed by atoms with E-state index in [1.165, 1.54) is 0 Å². The standard InChI is InChI=1S/C12H13BrN2O3/c13-7-2-3-8(10(14)16)9(6-7)15-12(11(17)18)4-1-5-12/h2-3,6,15H,1,4-5H2,(H2,14,16)(H,17,18). The van der Waals surface area contributed by atoms with E-state index in [2.05, 4.69) is 21.2 Å². The number of carboxylic acid groups (broad SMARTS) is 1. The lowest BCUT2D eigenvalue weighted by Crippen LogP contribution is -2.52. The summed E-state index contributed by atoms with van der Waals surface area (Å²) in [5, 5.41) is 12.2. The summed E-state index contributed by atoms with van der Waals surface area (Å²) >= 11 is 3.29. The Morgan fingerprint density at radius 2 is 2.06 bits per heavy atom. The maximum absolute atomic E-state index is 11.3. The van der Waals surface area contributed by atoms with Gasteiger partial charge in [0.2, 0.25) is 0 Å². The minimum absolute atomic E-state index is 0.297. The van der Waals surface area contributed by atoms with Crippen LogP contribution in [-0.4, -0.2) is 22.5 Å². The Morgan fingerprint density at radius 3 is 2.50 bits per heavy atom. The zero-order valence-corrected chi connectivity index (χ0v) is 11.2. The van der Waals surface area contributed by atoms with Crippen molar-refractivity contribution >= 4 is 33.5 Å². The van der Waals surface area contributed by atoms with Crippen LogP contribution in [0.3, 0.4) is 0 Å². The number of carbonyl (C=O) groups excluding carboxylic acids is 1. The van der Waals surface area contributed by atoms with Gasteiger partial charge < -0.3 is 16.2 Å². The van der Waals surface area contributed by atoms with Crippen molar-refractivity contribution in [1.82, 2.24) is 0 Å². The number of benzene rings is 1. The van der Waals surface area contributed by atoms with Gasteiger partial charge in [-0.3, -0.25) is 4.79 Å². The fourth-order valence-electron chi connectivity index (χ4n) is 2.02. The molecule has 96 valence electrons. The highest BCUT2D eigenvalue weighted by molar-refractivity contribution is 9.10. The molecule has 0 aromatic heterocycles. The highest BCUT2D eigenvalue weighted by atomic mass is 79.9. The molecule has 2 rings (SSSR count). The third kappa shape index (κ3) is 2.20. The predicted molar refractivity (Wildman–Crippen MR) is 70.5 cm³/mol. The number of carboxylic acids is 1. The molecular weight excluding hydrogens is 300 g/mol. The molecule has 1 aliphatic rings. The number of nitrogens with two attached hydrogens (primary N) is 1. The van der Waals surface area contributed by atoms with Crippen LogP contribution in [0.15, 0.2) is 22.7 Å². The fourth-order valence-corrected chi connectivity index (χ4v) is 2.38. The van der Waals surface area contributed by atoms with Gasteiger partial charge in [0.05, 0.1) is 5.56 Å². The van der Waals surface area contributed by atoms with Crippen LogP contribution in [0.1, 0.15) is 29.6 Å². The van der Waals surface area contributed by atoms with E-state index in [0.717, 1.165) is 10.9 Å². The number of rotatable bonds is 4. The largest absolute Gasteiger partial charge is 0.480 e. The number of amides is 1. The monoisotopic (exact) mass is 312 g/mol. The van der Waals surface area contributed by atoms with Crippen molar-refractivity contribution in [2.24, 2.45) is 5.73 Å². The summed E-state index contributed by atoms with van der Waals surface area (Å²) in [6.07, 6.45) is 1.96. The Hall–Kier alpha value is -1.56. The first-order chi connectivity index (χ1) is 8.44. The Morgan fingerprint density at radius 1 is 1.39 bits per heavy atom. The van der Waals surface area contributed by atoms with Crippen LogP contribution in [0.25, 0.3) is 0 Å². The molecule has 0 unspecified atom stereocenters. The molecular formula is C12H13BrN2O3. The Balaban J connectivity index is 2.36. The van der Waals surface area contributed by atoms with Crippen LogP contribution < -0.4 is 11.1 Å². The van der Waals surface area contributed by atoms with Crippen LogP contribution in [0.5, 0.6) is 0 Å². The first-order valence-electron chi connectivity index (χ1n) is 5.55. The molecule has 0 aliphatic heterocycles. The Labute approximate surface area is 112 Å². The molecule has 1 aromatic rings. The molecule has 0 heterocycles. The summed E-state index contributed by atoms with van der Waals surface area (Å²) in [6.45, 7) is 0. The minimum atomic E-state index is -0.967. The van der Waals surface area contributed by atoms with E-state index in [-0.39, 0.29) is 0 Å². The van der Waals surface area contributed by atoms with Crippen molar-refractivity contribution in [2.45, 2.75) is 24.8 Å². The van der Waals surface area contributed by atoms with Crippen LogP contribution in [0, 0.1) is 0 Å². The van der Waals surface area contributed by atoms with E-state index in [0.29, 0.717) is 24.1 Å². The smallest absolute Gasteiger partial charge is 0.329 e. The molecule has 1 amide bonds. The number of carbonyl (C=O) groups is 2. The number of hydrogen-bond donors (Lipinski definition) is 3. The van der Waals surface area contributed by atoms with Gasteiger partial charge in [0, 0.05) is 10.2 Å². The molecule has 5 nitrogen and oxygen atoms in total. The second kappa shape index (κ2) is 4.61. The number of anilines is 1. The average Bonchev–Trinajstić information content (AvgIpc) is 2.22. The molecule has 0 spiro atoms. The van der Waals surface area contributed by atoms with Crippen molar-refractivity contribution in [1.29, 1.82) is 0 Å². The third-order valence-electron chi connectivity index (χ3n) is 3.24. The van der Waals surface area contributed by atoms with Gasteiger partial charge >= 0.3 is 5.97 Å². The number of hydrogen-bond acceptors (Lipinski definition) is 3. The number of aliphatic carboxylic acids is 1. The number of halogens is 1. The zero-order chi connectivity index (χ0) is 13.3. The summed E-state index contributed by atoms with van der Waals surface area (Å²) in [6, 6.07) is 4.94. The average molecular weight is 313 g/mol. The van der Waals surface area contributed by atoms with Gasteiger partial charge in [-0.15, -0.1) is 0 Å². The fraction of sp³-hybridized carbons (Fsp3) is 0.333. The van der Waals surface area contributed by atoms with Crippen LogP contribution >= 0.6 is 15.9 Å². The normalized spacial score (nSPS) is 16.7. The lowest BCUT2D eigenvalue weighted by atomic mass is 9.76. The second-order valence-corrected chi connectivity index (χ2v) is 5.34. The first kappa shape index (κ1) is 12.9. The van der Waals surface area contributed by atoms with E-state index < -0.39 is 17.4 Å². The highest BCUT2D eigenvalue weighted by Gasteiger charge is 2.44. The third-order valence-corrected chi connectivity index (χ3v) is 3.73. The SMILES string of the molecule is NC(=O)c1ccc(Br)cc1NC1(C(=O)O)CCC1. The van der Waals surface area contributed by atoms with Gasteiger partial charge in [-0.1, -0.05) is 15.9 Å². The number of nitrogens with one attached hydrogen (secondary N) is 1. The molecule has 1 aliphatic carbocycles. The van der Waals surface area contributed by atoms with E-state index in [9.17, 15) is 14.7 Å². The minimum Gasteiger partial charge on any atom is -0.480 e. The molecule has 6 heteroatoms. The van der Waals surface area contributed by atoms with Crippen molar-refractivity contribution in [3.8, 4) is 0 Å². The molecule has 1 saturated carbocycles. The van der Waals surface area contributed by atoms with Crippen LogP contribution in [-0.2, 0) is 4.79 Å². The molecule has 1 fully saturated rings. The lowest BCUT2D eigenvalue weighted by Gasteiger charge is -2.39. The number of primary amides is 1. The van der Waals surface area contributed by atoms with Crippen molar-refractivity contribution in [2.75, 3.05) is 5.32 Å². The summed E-state index contributed by atoms with van der Waals surface area (Å²) in [7, 11) is 0. The van der Waals surface area contributed by atoms with Gasteiger partial charge in [-0.05, 0) is 37.5 Å². The van der Waals surface area contributed by atoms with Crippen molar-refractivity contribution < 1.29 is 14.7 Å². The van der Waals surface area contributed by atoms with Crippen LogP contribution in [0.4, 0.5) is 5.69 Å². The Bertz CT molecular complexity index is 512. The molecule has 0 atom stereocenters. The maximum atomic E-state index is 11.3. The predicted octanol–water partition coefficient (Wildman–Crippen LogP) is 1.97. The van der Waals surface area contributed by atoms with Gasteiger partial charge in [-0.25, -0.2) is 4.79 Å². The van der Waals surface area contributed by atoms with E-state index in [1.807, 2.05) is 0 Å². The van der Waals surface area contributed by atoms with Gasteiger partial charge in [0.25, 0.3) is 5.91 Å². The second-order valence-electron chi connectivity index (χ2n) is 4.42. The highest BCUT2D eigenvalue weighted by Crippen LogP contribution is 2.37. The molecule has 4 N–H and O–H groups in total. The molecule has 1 aromatic carbocycles. The maximum Gasteiger partial charge on any atom is 0.329 e. The van der Waals surface area contributed by atoms with E-state index in [4.69, 9.17) is 5.73 Å². The van der Waals surface area contributed by atoms with E-state index >= 15 is 0 Å². The Kier molecular flexibility index (Phi) is 3.30. The summed E-state index contributed by atoms with van der Waals surface area (Å²) in [4.78, 5) is 22.6. The molecule has 18 heavy (non-hydrogen) atoms. The molecule has 0 radical (unpaired) electrons. The lowest BCUT2D eigenvalue weighted by molar-refractivity contribution is -0.145. The summed E-state index contributed by atoms with van der Waals surface area (Å²) in [5.41, 5.74) is 5.06. The van der Waals surface area contributed by atoms with Gasteiger partial charge in [0.1, 0.15) is 5.54 Å². The topological polar surface area (TPSA) is 92.4 Å². The van der Waals surface area contributed by atoms with Crippen molar-refractivity contribution in [3.63, 3.8) is 0 Å². The molecule has 0 bridgehead atoms. The summed E-state index contributed by atoms with van der Waals surface area (Å²) in [5.74, 6) is -1.48. The van der Waals surface area contributed by atoms with Gasteiger partial charge in [0.15, 0.2) is 0 Å². The van der Waals surface area contributed by atoms with Crippen LogP contribution in [0.2, 0.25) is 0 Å². The molecule has 0 saturated heterocycles. The zero-order valence-electron chi connectivity index (χ0n) is 9.57. The van der Waals surface area contributed by atoms with Crippen molar-refractivity contribution in [3.05, 3.63) is 28.2 Å². The quantitative estimate of drug-likeness (QED) is 0.792. The van der Waals surface area contributed by atoms with Gasteiger partial charge in [-0.2, -0.15) is 0 Å². The van der Waals surface area contributed by atoms with E-state index in [1.54, 1.807) is 18.2 Å². The first-order valence-corrected chi connectivity index (χ1v) is 6.35. The summed E-state index contributed by atoms with van der Waals surface area (Å²) < 4.78 is 0.759.